The summed E-state index contributed by atoms with van der Waals surface area (Å²) in [6.45, 7) is 1.38. The van der Waals surface area contributed by atoms with E-state index in [9.17, 15) is 13.2 Å². The molecule has 6 nitrogen and oxygen atoms in total. The summed E-state index contributed by atoms with van der Waals surface area (Å²) in [5.41, 5.74) is 7.42. The van der Waals surface area contributed by atoms with E-state index in [1.807, 2.05) is 0 Å². The maximum Gasteiger partial charge on any atom is 0.251 e. The summed E-state index contributed by atoms with van der Waals surface area (Å²) in [6, 6.07) is 13.5. The third-order valence-corrected chi connectivity index (χ3v) is 6.35. The molecule has 0 radical (unpaired) electrons. The van der Waals surface area contributed by atoms with Crippen LogP contribution in [0.25, 0.3) is 0 Å². The molecule has 7 heteroatoms. The van der Waals surface area contributed by atoms with Gasteiger partial charge in [0.05, 0.1) is 4.90 Å². The van der Waals surface area contributed by atoms with Crippen molar-refractivity contribution < 1.29 is 13.2 Å². The van der Waals surface area contributed by atoms with Crippen molar-refractivity contribution in [3.8, 4) is 0 Å². The first-order chi connectivity index (χ1) is 12.5. The predicted molar refractivity (Wildman–Crippen MR) is 101 cm³/mol. The van der Waals surface area contributed by atoms with Crippen molar-refractivity contribution in [2.75, 3.05) is 18.8 Å². The number of nitrogens with two attached hydrogens (primary N) is 1. The van der Waals surface area contributed by atoms with E-state index < -0.39 is 10.0 Å². The molecule has 3 N–H and O–H groups in total. The molecule has 0 spiro atoms. The van der Waals surface area contributed by atoms with Crippen LogP contribution in [0, 0.1) is 0 Å². The first-order valence-corrected chi connectivity index (χ1v) is 10.1. The number of anilines is 1. The molecule has 0 bridgehead atoms. The first kappa shape index (κ1) is 18.4. The molecule has 1 aliphatic heterocycles. The minimum atomic E-state index is -3.48. The molecule has 1 amide bonds. The van der Waals surface area contributed by atoms with Gasteiger partial charge in [-0.05, 0) is 48.7 Å². The van der Waals surface area contributed by atoms with Gasteiger partial charge in [-0.3, -0.25) is 4.79 Å². The number of nitrogens with zero attached hydrogens (tertiary/aromatic N) is 1. The molecule has 3 rings (SSSR count). The van der Waals surface area contributed by atoms with Crippen molar-refractivity contribution in [1.82, 2.24) is 9.62 Å². The number of nitrogens with one attached hydrogen (secondary N) is 1. The van der Waals surface area contributed by atoms with Crippen LogP contribution in [-0.2, 0) is 16.6 Å². The van der Waals surface area contributed by atoms with Gasteiger partial charge >= 0.3 is 0 Å². The van der Waals surface area contributed by atoms with Crippen LogP contribution >= 0.6 is 0 Å². The highest BCUT2D eigenvalue weighted by atomic mass is 32.2. The Hall–Kier alpha value is -2.38. The van der Waals surface area contributed by atoms with Gasteiger partial charge in [-0.1, -0.05) is 24.6 Å². The average Bonchev–Trinajstić information content (AvgIpc) is 2.67. The van der Waals surface area contributed by atoms with Crippen LogP contribution < -0.4 is 11.1 Å². The molecule has 0 atom stereocenters. The lowest BCUT2D eigenvalue weighted by Gasteiger charge is -2.26. The first-order valence-electron chi connectivity index (χ1n) is 8.70. The SMILES string of the molecule is Nc1cccc(C(=O)NCc2cccc(S(=O)(=O)N3CCCCC3)c2)c1. The van der Waals surface area contributed by atoms with Crippen LogP contribution in [0.2, 0.25) is 0 Å². The second kappa shape index (κ2) is 7.88. The van der Waals surface area contributed by atoms with Crippen molar-refractivity contribution in [3.05, 3.63) is 59.7 Å². The van der Waals surface area contributed by atoms with E-state index in [0.717, 1.165) is 24.8 Å². The highest BCUT2D eigenvalue weighted by Crippen LogP contribution is 2.21. The number of rotatable bonds is 5. The van der Waals surface area contributed by atoms with Crippen LogP contribution in [-0.4, -0.2) is 31.7 Å². The summed E-state index contributed by atoms with van der Waals surface area (Å²) in [7, 11) is -3.48. The number of nitrogen functional groups attached to an aromatic ring is 1. The number of benzene rings is 2. The number of amides is 1. The molecule has 1 fully saturated rings. The number of hydrogen-bond donors (Lipinski definition) is 2. The number of carbonyl (C=O) groups excluding carboxylic acids is 1. The summed E-state index contributed by atoms with van der Waals surface area (Å²) in [5.74, 6) is -0.249. The van der Waals surface area contributed by atoms with E-state index in [2.05, 4.69) is 5.32 Å². The van der Waals surface area contributed by atoms with Crippen molar-refractivity contribution in [3.63, 3.8) is 0 Å². The molecule has 1 heterocycles. The third-order valence-electron chi connectivity index (χ3n) is 4.45. The number of piperidine rings is 1. The molecule has 0 aromatic heterocycles. The topological polar surface area (TPSA) is 92.5 Å². The highest BCUT2D eigenvalue weighted by Gasteiger charge is 2.25. The van der Waals surface area contributed by atoms with Gasteiger partial charge in [0.1, 0.15) is 0 Å². The summed E-state index contributed by atoms with van der Waals surface area (Å²) in [6.07, 6.45) is 2.87. The summed E-state index contributed by atoms with van der Waals surface area (Å²) < 4.78 is 27.1. The molecule has 0 aliphatic carbocycles. The molecule has 26 heavy (non-hydrogen) atoms. The van der Waals surface area contributed by atoms with Crippen LogP contribution in [0.1, 0.15) is 35.2 Å². The lowest BCUT2D eigenvalue weighted by Crippen LogP contribution is -2.35. The lowest BCUT2D eigenvalue weighted by atomic mass is 10.2. The summed E-state index contributed by atoms with van der Waals surface area (Å²) >= 11 is 0. The van der Waals surface area contributed by atoms with Gasteiger partial charge in [0, 0.05) is 30.9 Å². The maximum atomic E-state index is 12.8. The van der Waals surface area contributed by atoms with Gasteiger partial charge in [-0.15, -0.1) is 0 Å². The highest BCUT2D eigenvalue weighted by molar-refractivity contribution is 7.89. The molecular formula is C19H23N3O3S. The van der Waals surface area contributed by atoms with Crippen molar-refractivity contribution in [2.24, 2.45) is 0 Å². The maximum absolute atomic E-state index is 12.8. The Morgan fingerprint density at radius 2 is 1.77 bits per heavy atom. The Kier molecular flexibility index (Phi) is 5.58. The van der Waals surface area contributed by atoms with Crippen molar-refractivity contribution in [1.29, 1.82) is 0 Å². The molecule has 2 aromatic carbocycles. The second-order valence-electron chi connectivity index (χ2n) is 6.42. The van der Waals surface area contributed by atoms with Gasteiger partial charge in [0.15, 0.2) is 0 Å². The minimum absolute atomic E-state index is 0.247. The Morgan fingerprint density at radius 3 is 2.50 bits per heavy atom. The fraction of sp³-hybridized carbons (Fsp3) is 0.316. The number of hydrogen-bond acceptors (Lipinski definition) is 4. The van der Waals surface area contributed by atoms with Gasteiger partial charge in [0.25, 0.3) is 5.91 Å². The molecule has 1 aliphatic rings. The van der Waals surface area contributed by atoms with E-state index in [-0.39, 0.29) is 17.3 Å². The minimum Gasteiger partial charge on any atom is -0.399 e. The zero-order chi connectivity index (χ0) is 18.6. The molecule has 0 saturated carbocycles. The Labute approximate surface area is 154 Å². The second-order valence-corrected chi connectivity index (χ2v) is 8.36. The Balaban J connectivity index is 1.70. The summed E-state index contributed by atoms with van der Waals surface area (Å²) in [4.78, 5) is 12.5. The predicted octanol–water partition coefficient (Wildman–Crippen LogP) is 2.37. The number of carbonyl (C=O) groups is 1. The van der Waals surface area contributed by atoms with Crippen LogP contribution in [0.5, 0.6) is 0 Å². The molecule has 2 aromatic rings. The van der Waals surface area contributed by atoms with Crippen LogP contribution in [0.4, 0.5) is 5.69 Å². The zero-order valence-electron chi connectivity index (χ0n) is 14.5. The quantitative estimate of drug-likeness (QED) is 0.787. The normalized spacial score (nSPS) is 15.5. The van der Waals surface area contributed by atoms with Crippen LogP contribution in [0.15, 0.2) is 53.4 Å². The molecule has 138 valence electrons. The molecule has 1 saturated heterocycles. The standard InChI is InChI=1S/C19H23N3O3S/c20-17-8-5-7-16(13-17)19(23)21-14-15-6-4-9-18(12-15)26(24,25)22-10-2-1-3-11-22/h4-9,12-13H,1-3,10-11,14,20H2,(H,21,23). The van der Waals surface area contributed by atoms with Gasteiger partial charge in [0.2, 0.25) is 10.0 Å². The number of sulfonamides is 1. The van der Waals surface area contributed by atoms with Gasteiger partial charge in [-0.2, -0.15) is 4.31 Å². The Bertz CT molecular complexity index is 890. The van der Waals surface area contributed by atoms with Gasteiger partial charge in [-0.25, -0.2) is 8.42 Å². The monoisotopic (exact) mass is 373 g/mol. The average molecular weight is 373 g/mol. The van der Waals surface area contributed by atoms with Gasteiger partial charge < -0.3 is 11.1 Å². The van der Waals surface area contributed by atoms with E-state index >= 15 is 0 Å². The largest absolute Gasteiger partial charge is 0.399 e. The molecular weight excluding hydrogens is 350 g/mol. The van der Waals surface area contributed by atoms with E-state index in [4.69, 9.17) is 5.73 Å². The fourth-order valence-electron chi connectivity index (χ4n) is 3.03. The fourth-order valence-corrected chi connectivity index (χ4v) is 4.62. The summed E-state index contributed by atoms with van der Waals surface area (Å²) in [5, 5.41) is 2.80. The lowest BCUT2D eigenvalue weighted by molar-refractivity contribution is 0.0951. The Morgan fingerprint density at radius 1 is 1.04 bits per heavy atom. The van der Waals surface area contributed by atoms with E-state index in [1.165, 1.54) is 0 Å². The van der Waals surface area contributed by atoms with Crippen molar-refractivity contribution >= 4 is 21.6 Å². The molecule has 0 unspecified atom stereocenters. The van der Waals surface area contributed by atoms with Crippen molar-refractivity contribution in [2.45, 2.75) is 30.7 Å². The third kappa shape index (κ3) is 4.23. The van der Waals surface area contributed by atoms with Crippen LogP contribution in [0.3, 0.4) is 0 Å². The smallest absolute Gasteiger partial charge is 0.251 e. The van der Waals surface area contributed by atoms with E-state index in [1.54, 1.807) is 52.8 Å². The van der Waals surface area contributed by atoms with E-state index in [0.29, 0.717) is 24.3 Å². The zero-order valence-corrected chi connectivity index (χ0v) is 15.3.